The molecule has 0 spiro atoms. The molecule has 2 aromatic heterocycles. The molecule has 124 valence electrons. The number of hydrogen-bond acceptors (Lipinski definition) is 9. The van der Waals surface area contributed by atoms with Gasteiger partial charge in [0.05, 0.1) is 7.11 Å². The summed E-state index contributed by atoms with van der Waals surface area (Å²) in [4.78, 5) is 25.9. The predicted octanol–water partition coefficient (Wildman–Crippen LogP) is 1.03. The molecule has 9 nitrogen and oxygen atoms in total. The molecule has 0 amide bonds. The summed E-state index contributed by atoms with van der Waals surface area (Å²) in [5.74, 6) is 1.37. The molecule has 2 aromatic rings. The summed E-state index contributed by atoms with van der Waals surface area (Å²) in [5, 5.41) is 3.93. The van der Waals surface area contributed by atoms with Crippen molar-refractivity contribution in [2.45, 2.75) is 26.2 Å². The monoisotopic (exact) mass is 320 g/mol. The fourth-order valence-corrected chi connectivity index (χ4v) is 1.80. The lowest BCUT2D eigenvalue weighted by molar-refractivity contribution is 0.0594. The average molecular weight is 320 g/mol. The molecule has 9 heteroatoms. The molecular weight excluding hydrogens is 300 g/mol. The van der Waals surface area contributed by atoms with Crippen LogP contribution in [0.1, 0.15) is 42.0 Å². The molecule has 0 atom stereocenters. The van der Waals surface area contributed by atoms with E-state index >= 15 is 0 Å². The van der Waals surface area contributed by atoms with E-state index < -0.39 is 5.97 Å². The van der Waals surface area contributed by atoms with Crippen LogP contribution in [-0.2, 0) is 11.2 Å². The van der Waals surface area contributed by atoms with E-state index in [1.165, 1.54) is 13.2 Å². The first-order chi connectivity index (χ1) is 10.9. The Bertz CT molecular complexity index is 685. The Morgan fingerprint density at radius 3 is 2.74 bits per heavy atom. The maximum Gasteiger partial charge on any atom is 0.356 e. The van der Waals surface area contributed by atoms with Crippen LogP contribution in [0.2, 0.25) is 0 Å². The molecule has 0 aliphatic rings. The summed E-state index contributed by atoms with van der Waals surface area (Å²) in [6, 6.07) is 1.37. The van der Waals surface area contributed by atoms with Gasteiger partial charge in [-0.25, -0.2) is 9.78 Å². The van der Waals surface area contributed by atoms with Gasteiger partial charge < -0.3 is 19.9 Å². The van der Waals surface area contributed by atoms with Crippen LogP contribution in [-0.4, -0.2) is 46.8 Å². The standard InChI is InChI=1S/C14H20N6O3/c1-8(2)12-18-11(19-23-12)5-6-20(3)14-16-9(13(21)22-4)7-10(15)17-14/h7-8H,5-6H2,1-4H3,(H2,15,16,17). The Balaban J connectivity index is 2.06. The quantitative estimate of drug-likeness (QED) is 0.778. The van der Waals surface area contributed by atoms with Crippen LogP contribution < -0.4 is 10.6 Å². The third kappa shape index (κ3) is 4.15. The molecule has 0 radical (unpaired) electrons. The highest BCUT2D eigenvalue weighted by Crippen LogP contribution is 2.13. The number of methoxy groups -OCH3 is 1. The van der Waals surface area contributed by atoms with Crippen LogP contribution in [0.4, 0.5) is 11.8 Å². The third-order valence-corrected chi connectivity index (χ3v) is 3.12. The van der Waals surface area contributed by atoms with Crippen LogP contribution in [0.5, 0.6) is 0 Å². The summed E-state index contributed by atoms with van der Waals surface area (Å²) < 4.78 is 9.80. The minimum Gasteiger partial charge on any atom is -0.464 e. The van der Waals surface area contributed by atoms with Crippen LogP contribution in [0.3, 0.4) is 0 Å². The largest absolute Gasteiger partial charge is 0.464 e. The minimum absolute atomic E-state index is 0.114. The fourth-order valence-electron chi connectivity index (χ4n) is 1.80. The molecule has 23 heavy (non-hydrogen) atoms. The van der Waals surface area contributed by atoms with Crippen LogP contribution in [0, 0.1) is 0 Å². The lowest BCUT2D eigenvalue weighted by Gasteiger charge is -2.16. The highest BCUT2D eigenvalue weighted by molar-refractivity contribution is 5.88. The molecule has 0 aromatic carbocycles. The molecule has 0 aliphatic carbocycles. The molecule has 0 bridgehead atoms. The fraction of sp³-hybridized carbons (Fsp3) is 0.500. The number of nitrogens with two attached hydrogens (primary N) is 1. The van der Waals surface area contributed by atoms with Crippen molar-refractivity contribution >= 4 is 17.7 Å². The van der Waals surface area contributed by atoms with E-state index in [9.17, 15) is 4.79 Å². The van der Waals surface area contributed by atoms with Crippen molar-refractivity contribution in [3.8, 4) is 0 Å². The number of carbonyl (C=O) groups is 1. The van der Waals surface area contributed by atoms with Crippen molar-refractivity contribution in [2.75, 3.05) is 31.3 Å². The highest BCUT2D eigenvalue weighted by Gasteiger charge is 2.15. The number of rotatable bonds is 6. The van der Waals surface area contributed by atoms with Gasteiger partial charge in [0.1, 0.15) is 5.82 Å². The molecule has 0 saturated carbocycles. The van der Waals surface area contributed by atoms with Gasteiger partial charge in [-0.1, -0.05) is 19.0 Å². The van der Waals surface area contributed by atoms with Crippen LogP contribution >= 0.6 is 0 Å². The summed E-state index contributed by atoms with van der Waals surface area (Å²) in [6.07, 6.45) is 0.554. The molecule has 2 N–H and O–H groups in total. The van der Waals surface area contributed by atoms with E-state index in [1.54, 1.807) is 11.9 Å². The Morgan fingerprint density at radius 2 is 2.13 bits per heavy atom. The van der Waals surface area contributed by atoms with Gasteiger partial charge in [0, 0.05) is 32.0 Å². The van der Waals surface area contributed by atoms with Crippen molar-refractivity contribution < 1.29 is 14.1 Å². The smallest absolute Gasteiger partial charge is 0.356 e. The lowest BCUT2D eigenvalue weighted by atomic mass is 10.2. The molecule has 2 rings (SSSR count). The minimum atomic E-state index is -0.562. The van der Waals surface area contributed by atoms with Crippen molar-refractivity contribution in [3.05, 3.63) is 23.5 Å². The normalized spacial score (nSPS) is 10.8. The first kappa shape index (κ1) is 16.7. The van der Waals surface area contributed by atoms with Gasteiger partial charge in [0.15, 0.2) is 11.5 Å². The number of ether oxygens (including phenoxy) is 1. The summed E-state index contributed by atoms with van der Waals surface area (Å²) in [6.45, 7) is 4.51. The van der Waals surface area contributed by atoms with E-state index in [0.717, 1.165) is 0 Å². The number of anilines is 2. The number of aromatic nitrogens is 4. The summed E-state index contributed by atoms with van der Waals surface area (Å²) >= 11 is 0. The van der Waals surface area contributed by atoms with E-state index in [2.05, 4.69) is 24.8 Å². The zero-order chi connectivity index (χ0) is 17.0. The van der Waals surface area contributed by atoms with Crippen molar-refractivity contribution in [1.29, 1.82) is 0 Å². The number of nitrogen functional groups attached to an aromatic ring is 1. The van der Waals surface area contributed by atoms with Gasteiger partial charge in [0.2, 0.25) is 11.8 Å². The summed E-state index contributed by atoms with van der Waals surface area (Å²) in [7, 11) is 3.08. The van der Waals surface area contributed by atoms with Crippen molar-refractivity contribution in [1.82, 2.24) is 20.1 Å². The number of likely N-dealkylation sites (N-methyl/N-ethyl adjacent to an activating group) is 1. The zero-order valence-electron chi connectivity index (χ0n) is 13.6. The van der Waals surface area contributed by atoms with Crippen molar-refractivity contribution in [2.24, 2.45) is 0 Å². The van der Waals surface area contributed by atoms with E-state index in [0.29, 0.717) is 30.6 Å². The molecule has 2 heterocycles. The Labute approximate surface area is 133 Å². The highest BCUT2D eigenvalue weighted by atomic mass is 16.5. The van der Waals surface area contributed by atoms with Gasteiger partial charge in [0.25, 0.3) is 0 Å². The number of carbonyl (C=O) groups excluding carboxylic acids is 1. The second-order valence-electron chi connectivity index (χ2n) is 5.34. The number of nitrogens with zero attached hydrogens (tertiary/aromatic N) is 5. The average Bonchev–Trinajstić information content (AvgIpc) is 3.00. The Morgan fingerprint density at radius 1 is 1.39 bits per heavy atom. The number of hydrogen-bond donors (Lipinski definition) is 1. The SMILES string of the molecule is COC(=O)c1cc(N)nc(N(C)CCc2noc(C(C)C)n2)n1. The third-order valence-electron chi connectivity index (χ3n) is 3.12. The molecular formula is C14H20N6O3. The first-order valence-corrected chi connectivity index (χ1v) is 7.17. The Hall–Kier alpha value is -2.71. The second kappa shape index (κ2) is 7.03. The van der Waals surface area contributed by atoms with Crippen LogP contribution in [0.25, 0.3) is 0 Å². The van der Waals surface area contributed by atoms with E-state index in [-0.39, 0.29) is 17.4 Å². The molecule has 0 fully saturated rings. The molecule has 0 aliphatic heterocycles. The predicted molar refractivity (Wildman–Crippen MR) is 83.1 cm³/mol. The van der Waals surface area contributed by atoms with E-state index in [1.807, 2.05) is 13.8 Å². The molecule has 0 saturated heterocycles. The van der Waals surface area contributed by atoms with Crippen molar-refractivity contribution in [3.63, 3.8) is 0 Å². The van der Waals surface area contributed by atoms with Gasteiger partial charge in [-0.15, -0.1) is 0 Å². The maximum atomic E-state index is 11.6. The second-order valence-corrected chi connectivity index (χ2v) is 5.34. The lowest BCUT2D eigenvalue weighted by Crippen LogP contribution is -2.24. The zero-order valence-corrected chi connectivity index (χ0v) is 13.6. The number of esters is 1. The first-order valence-electron chi connectivity index (χ1n) is 7.17. The van der Waals surface area contributed by atoms with Gasteiger partial charge in [-0.05, 0) is 0 Å². The van der Waals surface area contributed by atoms with Gasteiger partial charge in [-0.3, -0.25) is 0 Å². The Kier molecular flexibility index (Phi) is 5.09. The maximum absolute atomic E-state index is 11.6. The van der Waals surface area contributed by atoms with Crippen LogP contribution in [0.15, 0.2) is 10.6 Å². The molecule has 0 unspecified atom stereocenters. The summed E-state index contributed by atoms with van der Waals surface area (Å²) in [5.41, 5.74) is 5.82. The van der Waals surface area contributed by atoms with Gasteiger partial charge >= 0.3 is 5.97 Å². The topological polar surface area (TPSA) is 120 Å². The van der Waals surface area contributed by atoms with E-state index in [4.69, 9.17) is 10.3 Å². The van der Waals surface area contributed by atoms with Gasteiger partial charge in [-0.2, -0.15) is 9.97 Å².